The van der Waals surface area contributed by atoms with Crippen molar-refractivity contribution in [3.8, 4) is 0 Å². The molecule has 1 N–H and O–H groups in total. The van der Waals surface area contributed by atoms with Gasteiger partial charge in [0.2, 0.25) is 5.95 Å². The largest absolute Gasteiger partial charge is 0.467 e. The smallest absolute Gasteiger partial charge is 0.338 e. The van der Waals surface area contributed by atoms with E-state index in [-0.39, 0.29) is 6.61 Å². The molecule has 0 fully saturated rings. The van der Waals surface area contributed by atoms with E-state index in [2.05, 4.69) is 15.4 Å². The lowest BCUT2D eigenvalue weighted by Gasteiger charge is -2.28. The first-order valence-corrected chi connectivity index (χ1v) is 7.96. The van der Waals surface area contributed by atoms with E-state index in [0.717, 1.165) is 5.56 Å². The summed E-state index contributed by atoms with van der Waals surface area (Å²) in [5.74, 6) is 0.703. The second kappa shape index (κ2) is 6.27. The van der Waals surface area contributed by atoms with Crippen molar-refractivity contribution in [1.29, 1.82) is 0 Å². The van der Waals surface area contributed by atoms with Gasteiger partial charge in [0, 0.05) is 0 Å². The number of nitrogens with zero attached hydrogens (tertiary/aromatic N) is 3. The van der Waals surface area contributed by atoms with Gasteiger partial charge in [-0.1, -0.05) is 30.3 Å². The number of nitrogens with one attached hydrogen (secondary N) is 1. The Morgan fingerprint density at radius 1 is 1.28 bits per heavy atom. The van der Waals surface area contributed by atoms with Crippen molar-refractivity contribution in [3.63, 3.8) is 0 Å². The fraction of sp³-hybridized carbons (Fsp3) is 0.167. The van der Waals surface area contributed by atoms with Crippen LogP contribution in [0.25, 0.3) is 5.70 Å². The Bertz CT molecular complexity index is 913. The number of fused-ring (bicyclic) bond motifs is 1. The fourth-order valence-corrected chi connectivity index (χ4v) is 2.93. The number of aromatic nitrogens is 3. The van der Waals surface area contributed by atoms with Crippen LogP contribution in [0.15, 0.2) is 65.0 Å². The second-order valence-corrected chi connectivity index (χ2v) is 5.45. The standard InChI is InChI=1S/C18H16N4O3/c1-2-24-17(23)14-15(12-7-4-3-5-8-12)21-18-19-11-20-22(18)16(14)13-9-6-10-25-13/h3-11,16H,2H2,1H3,(H,19,20,21). The molecule has 0 bridgehead atoms. The van der Waals surface area contributed by atoms with Crippen molar-refractivity contribution in [1.82, 2.24) is 14.8 Å². The number of rotatable bonds is 4. The number of hydrogen-bond acceptors (Lipinski definition) is 6. The summed E-state index contributed by atoms with van der Waals surface area (Å²) in [5, 5.41) is 7.46. The zero-order valence-corrected chi connectivity index (χ0v) is 13.5. The first-order chi connectivity index (χ1) is 12.3. The van der Waals surface area contributed by atoms with E-state index in [0.29, 0.717) is 23.0 Å². The molecule has 1 aliphatic rings. The summed E-state index contributed by atoms with van der Waals surface area (Å²) < 4.78 is 12.5. The molecule has 25 heavy (non-hydrogen) atoms. The van der Waals surface area contributed by atoms with E-state index in [1.165, 1.54) is 6.33 Å². The van der Waals surface area contributed by atoms with Crippen molar-refractivity contribution >= 4 is 17.6 Å². The number of furan rings is 1. The van der Waals surface area contributed by atoms with Crippen molar-refractivity contribution in [2.45, 2.75) is 13.0 Å². The Hall–Kier alpha value is -3.35. The maximum atomic E-state index is 12.8. The fourth-order valence-electron chi connectivity index (χ4n) is 2.93. The molecule has 1 unspecified atom stereocenters. The average molecular weight is 336 g/mol. The minimum atomic E-state index is -0.553. The highest BCUT2D eigenvalue weighted by molar-refractivity contribution is 6.02. The molecule has 1 aliphatic heterocycles. The van der Waals surface area contributed by atoms with Crippen LogP contribution in [-0.2, 0) is 9.53 Å². The SMILES string of the molecule is CCOC(=O)C1=C(c2ccccc2)Nc2ncnn2C1c1ccco1. The van der Waals surface area contributed by atoms with Gasteiger partial charge in [0.05, 0.1) is 24.1 Å². The number of hydrogen-bond donors (Lipinski definition) is 1. The summed E-state index contributed by atoms with van der Waals surface area (Å²) in [4.78, 5) is 17.0. The Morgan fingerprint density at radius 3 is 2.84 bits per heavy atom. The topological polar surface area (TPSA) is 82.2 Å². The molecular formula is C18H16N4O3. The van der Waals surface area contributed by atoms with Crippen LogP contribution in [0.1, 0.15) is 24.3 Å². The molecule has 0 saturated carbocycles. The van der Waals surface area contributed by atoms with Gasteiger partial charge in [-0.05, 0) is 24.6 Å². The number of anilines is 1. The summed E-state index contributed by atoms with van der Waals surface area (Å²) in [5.41, 5.74) is 1.93. The van der Waals surface area contributed by atoms with Crippen LogP contribution in [0.5, 0.6) is 0 Å². The van der Waals surface area contributed by atoms with Crippen LogP contribution in [-0.4, -0.2) is 27.3 Å². The number of carbonyl (C=O) groups is 1. The van der Waals surface area contributed by atoms with Crippen LogP contribution in [0.2, 0.25) is 0 Å². The van der Waals surface area contributed by atoms with Crippen molar-refractivity contribution in [3.05, 3.63) is 72.0 Å². The molecule has 3 heterocycles. The van der Waals surface area contributed by atoms with Crippen LogP contribution in [0, 0.1) is 0 Å². The van der Waals surface area contributed by atoms with Gasteiger partial charge in [-0.3, -0.25) is 0 Å². The zero-order chi connectivity index (χ0) is 17.2. The summed E-state index contributed by atoms with van der Waals surface area (Å²) in [6.07, 6.45) is 3.01. The van der Waals surface area contributed by atoms with Gasteiger partial charge in [0.25, 0.3) is 0 Å². The number of carbonyl (C=O) groups excluding carboxylic acids is 1. The maximum absolute atomic E-state index is 12.8. The highest BCUT2D eigenvalue weighted by Crippen LogP contribution is 2.38. The summed E-state index contributed by atoms with van der Waals surface area (Å²) in [6.45, 7) is 2.05. The molecule has 7 nitrogen and oxygen atoms in total. The summed E-state index contributed by atoms with van der Waals surface area (Å²) >= 11 is 0. The van der Waals surface area contributed by atoms with E-state index in [9.17, 15) is 4.79 Å². The van der Waals surface area contributed by atoms with Crippen molar-refractivity contribution in [2.75, 3.05) is 11.9 Å². The predicted octanol–water partition coefficient (Wildman–Crippen LogP) is 2.86. The molecule has 0 saturated heterocycles. The Balaban J connectivity index is 1.95. The quantitative estimate of drug-likeness (QED) is 0.738. The average Bonchev–Trinajstić information content (AvgIpc) is 3.32. The molecule has 126 valence electrons. The van der Waals surface area contributed by atoms with Crippen LogP contribution in [0.3, 0.4) is 0 Å². The third kappa shape index (κ3) is 2.59. The third-order valence-corrected chi connectivity index (χ3v) is 3.97. The molecule has 1 atom stereocenters. The molecule has 2 aromatic heterocycles. The lowest BCUT2D eigenvalue weighted by molar-refractivity contribution is -0.139. The maximum Gasteiger partial charge on any atom is 0.338 e. The van der Waals surface area contributed by atoms with Crippen LogP contribution < -0.4 is 5.32 Å². The van der Waals surface area contributed by atoms with Gasteiger partial charge >= 0.3 is 5.97 Å². The van der Waals surface area contributed by atoms with Crippen molar-refractivity contribution in [2.24, 2.45) is 0 Å². The number of esters is 1. The van der Waals surface area contributed by atoms with Gasteiger partial charge in [-0.2, -0.15) is 10.1 Å². The highest BCUT2D eigenvalue weighted by atomic mass is 16.5. The summed E-state index contributed by atoms with van der Waals surface area (Å²) in [7, 11) is 0. The third-order valence-electron chi connectivity index (χ3n) is 3.97. The van der Waals surface area contributed by atoms with Gasteiger partial charge in [0.1, 0.15) is 18.1 Å². The van der Waals surface area contributed by atoms with Gasteiger partial charge in [-0.15, -0.1) is 0 Å². The predicted molar refractivity (Wildman–Crippen MR) is 90.5 cm³/mol. The molecule has 3 aromatic rings. The van der Waals surface area contributed by atoms with Gasteiger partial charge < -0.3 is 14.5 Å². The number of ether oxygens (including phenoxy) is 1. The molecule has 1 aromatic carbocycles. The molecule has 4 rings (SSSR count). The normalized spacial score (nSPS) is 16.3. The van der Waals surface area contributed by atoms with E-state index in [1.807, 2.05) is 36.4 Å². The molecule has 0 aliphatic carbocycles. The first kappa shape index (κ1) is 15.2. The molecule has 0 amide bonds. The highest BCUT2D eigenvalue weighted by Gasteiger charge is 2.37. The van der Waals surface area contributed by atoms with Gasteiger partial charge in [-0.25, -0.2) is 9.48 Å². The van der Waals surface area contributed by atoms with E-state index in [1.54, 1.807) is 23.9 Å². The zero-order valence-electron chi connectivity index (χ0n) is 13.5. The second-order valence-electron chi connectivity index (χ2n) is 5.45. The molecule has 0 radical (unpaired) electrons. The minimum Gasteiger partial charge on any atom is -0.467 e. The van der Waals surface area contributed by atoms with Crippen LogP contribution >= 0.6 is 0 Å². The van der Waals surface area contributed by atoms with E-state index >= 15 is 0 Å². The molecule has 7 heteroatoms. The van der Waals surface area contributed by atoms with Crippen molar-refractivity contribution < 1.29 is 13.9 Å². The van der Waals surface area contributed by atoms with E-state index < -0.39 is 12.0 Å². The van der Waals surface area contributed by atoms with Crippen LogP contribution in [0.4, 0.5) is 5.95 Å². The molecule has 0 spiro atoms. The monoisotopic (exact) mass is 336 g/mol. The van der Waals surface area contributed by atoms with E-state index in [4.69, 9.17) is 9.15 Å². The lowest BCUT2D eigenvalue weighted by atomic mass is 9.96. The lowest BCUT2D eigenvalue weighted by Crippen LogP contribution is -2.29. The minimum absolute atomic E-state index is 0.277. The van der Waals surface area contributed by atoms with Gasteiger partial charge in [0.15, 0.2) is 0 Å². The Morgan fingerprint density at radius 2 is 2.12 bits per heavy atom. The Labute approximate surface area is 143 Å². The first-order valence-electron chi connectivity index (χ1n) is 7.96. The molecular weight excluding hydrogens is 320 g/mol. The number of benzene rings is 1. The Kier molecular flexibility index (Phi) is 3.81. The summed E-state index contributed by atoms with van der Waals surface area (Å²) in [6, 6.07) is 12.6.